The van der Waals surface area contributed by atoms with E-state index in [2.05, 4.69) is 14.8 Å². The third-order valence-corrected chi connectivity index (χ3v) is 7.61. The van der Waals surface area contributed by atoms with Crippen LogP contribution < -0.4 is 4.72 Å². The van der Waals surface area contributed by atoms with E-state index in [-0.39, 0.29) is 16.6 Å². The maximum absolute atomic E-state index is 13.5. The molecule has 1 aliphatic carbocycles. The summed E-state index contributed by atoms with van der Waals surface area (Å²) in [5.74, 6) is 0.0501. The molecule has 0 amide bonds. The molecule has 1 N–H and O–H groups in total. The van der Waals surface area contributed by atoms with Crippen molar-refractivity contribution in [1.82, 2.24) is 14.8 Å². The molecule has 4 aromatic rings. The van der Waals surface area contributed by atoms with E-state index in [1.807, 2.05) is 0 Å². The Morgan fingerprint density at radius 1 is 1.00 bits per heavy atom. The van der Waals surface area contributed by atoms with Crippen LogP contribution in [0.15, 0.2) is 78.0 Å². The van der Waals surface area contributed by atoms with Gasteiger partial charge in [0.15, 0.2) is 0 Å². The Bertz CT molecular complexity index is 1500. The Hall–Kier alpha value is -3.66. The van der Waals surface area contributed by atoms with Gasteiger partial charge < -0.3 is 0 Å². The van der Waals surface area contributed by atoms with Crippen molar-refractivity contribution in [2.24, 2.45) is 7.05 Å². The number of hydrogen-bond donors (Lipinski definition) is 1. The third kappa shape index (κ3) is 4.41. The van der Waals surface area contributed by atoms with Crippen LogP contribution in [0.2, 0.25) is 0 Å². The molecule has 2 heterocycles. The lowest BCUT2D eigenvalue weighted by Gasteiger charge is -2.19. The van der Waals surface area contributed by atoms with E-state index in [1.54, 1.807) is 54.3 Å². The van der Waals surface area contributed by atoms with Crippen molar-refractivity contribution in [3.63, 3.8) is 0 Å². The number of rotatable bonds is 5. The van der Waals surface area contributed by atoms with Crippen LogP contribution in [-0.2, 0) is 29.7 Å². The first-order valence-corrected chi connectivity index (χ1v) is 12.4. The van der Waals surface area contributed by atoms with Crippen molar-refractivity contribution in [3.05, 3.63) is 95.3 Å². The Labute approximate surface area is 200 Å². The highest BCUT2D eigenvalue weighted by atomic mass is 32.2. The number of anilines is 1. The average Bonchev–Trinajstić information content (AvgIpc) is 3.44. The third-order valence-electron chi connectivity index (χ3n) is 6.26. The Kier molecular flexibility index (Phi) is 5.63. The summed E-state index contributed by atoms with van der Waals surface area (Å²) in [5.41, 5.74) is 2.84. The number of nitrogens with one attached hydrogen (secondary N) is 1. The van der Waals surface area contributed by atoms with E-state index >= 15 is 0 Å². The minimum atomic E-state index is -4.47. The van der Waals surface area contributed by atoms with E-state index in [4.69, 9.17) is 0 Å². The fraction of sp³-hybridized carbons (Fsp3) is 0.200. The van der Waals surface area contributed by atoms with Crippen LogP contribution in [0, 0.1) is 0 Å². The molecule has 180 valence electrons. The van der Waals surface area contributed by atoms with Gasteiger partial charge in [-0.1, -0.05) is 18.2 Å². The van der Waals surface area contributed by atoms with E-state index in [0.29, 0.717) is 24.1 Å². The van der Waals surface area contributed by atoms with Crippen LogP contribution in [0.5, 0.6) is 0 Å². The summed E-state index contributed by atoms with van der Waals surface area (Å²) in [6.45, 7) is 0. The van der Waals surface area contributed by atoms with Crippen molar-refractivity contribution in [2.75, 3.05) is 4.72 Å². The topological polar surface area (TPSA) is 76.9 Å². The van der Waals surface area contributed by atoms with Crippen molar-refractivity contribution in [3.8, 4) is 11.3 Å². The largest absolute Gasteiger partial charge is 0.416 e. The smallest absolute Gasteiger partial charge is 0.268 e. The number of fused-ring (bicyclic) bond motifs is 1. The van der Waals surface area contributed by atoms with E-state index in [1.165, 1.54) is 24.4 Å². The molecule has 5 rings (SSSR count). The molecule has 0 fully saturated rings. The Balaban J connectivity index is 1.53. The van der Waals surface area contributed by atoms with Crippen molar-refractivity contribution in [2.45, 2.75) is 29.8 Å². The summed E-state index contributed by atoms with van der Waals surface area (Å²) < 4.78 is 70.2. The van der Waals surface area contributed by atoms with E-state index in [0.717, 1.165) is 22.8 Å². The quantitative estimate of drug-likeness (QED) is 0.401. The highest BCUT2D eigenvalue weighted by molar-refractivity contribution is 7.92. The van der Waals surface area contributed by atoms with Gasteiger partial charge in [-0.2, -0.15) is 18.3 Å². The molecule has 1 aliphatic rings. The molecule has 0 unspecified atom stereocenters. The summed E-state index contributed by atoms with van der Waals surface area (Å²) in [5, 5.41) is 4.13. The summed E-state index contributed by atoms with van der Waals surface area (Å²) in [6, 6.07) is 15.3. The average molecular weight is 499 g/mol. The minimum absolute atomic E-state index is 0.113. The van der Waals surface area contributed by atoms with Crippen LogP contribution in [0.1, 0.15) is 34.6 Å². The molecule has 0 saturated heterocycles. The van der Waals surface area contributed by atoms with Gasteiger partial charge in [-0.15, -0.1) is 0 Å². The standard InChI is InChI=1S/C25H21F3N4O2S/c1-32-23(11-13-30-32)22-15-17(25(26,27)28)6-9-21(22)20-8-5-16-14-18(7-10-19(16)20)35(33,34)31-24-4-2-3-12-29-24/h2-4,6-7,9-15,20H,5,8H2,1H3,(H,29,31)/t20-/m0/s1. The molecule has 0 aliphatic heterocycles. The van der Waals surface area contributed by atoms with Gasteiger partial charge in [0.25, 0.3) is 10.0 Å². The maximum atomic E-state index is 13.5. The number of aromatic nitrogens is 3. The van der Waals surface area contributed by atoms with Crippen molar-refractivity contribution < 1.29 is 21.6 Å². The number of halogens is 3. The highest BCUT2D eigenvalue weighted by Crippen LogP contribution is 2.44. The van der Waals surface area contributed by atoms with Gasteiger partial charge in [-0.05, 0) is 72.0 Å². The number of benzene rings is 2. The van der Waals surface area contributed by atoms with Gasteiger partial charge in [0.1, 0.15) is 5.82 Å². The molecular formula is C25H21F3N4O2S. The predicted octanol–water partition coefficient (Wildman–Crippen LogP) is 5.38. The predicted molar refractivity (Wildman–Crippen MR) is 125 cm³/mol. The van der Waals surface area contributed by atoms with Crippen molar-refractivity contribution >= 4 is 15.8 Å². The van der Waals surface area contributed by atoms with Crippen molar-refractivity contribution in [1.29, 1.82) is 0 Å². The van der Waals surface area contributed by atoms with Gasteiger partial charge in [0.2, 0.25) is 0 Å². The second-order valence-electron chi connectivity index (χ2n) is 8.41. The highest BCUT2D eigenvalue weighted by Gasteiger charge is 2.34. The molecule has 2 aromatic carbocycles. The van der Waals surface area contributed by atoms with E-state index < -0.39 is 21.8 Å². The number of nitrogens with zero attached hydrogens (tertiary/aromatic N) is 3. The van der Waals surface area contributed by atoms with Gasteiger partial charge >= 0.3 is 6.18 Å². The molecule has 6 nitrogen and oxygen atoms in total. The van der Waals surface area contributed by atoms with Gasteiger partial charge in [-0.25, -0.2) is 13.4 Å². The lowest BCUT2D eigenvalue weighted by molar-refractivity contribution is -0.137. The molecule has 0 radical (unpaired) electrons. The van der Waals surface area contributed by atoms with Crippen LogP contribution in [-0.4, -0.2) is 23.2 Å². The molecule has 1 atom stereocenters. The number of aryl methyl sites for hydroxylation is 2. The molecule has 0 spiro atoms. The second-order valence-corrected chi connectivity index (χ2v) is 10.1. The zero-order valence-electron chi connectivity index (χ0n) is 18.6. The molecule has 0 bridgehead atoms. The minimum Gasteiger partial charge on any atom is -0.268 e. The maximum Gasteiger partial charge on any atom is 0.416 e. The van der Waals surface area contributed by atoms with E-state index in [9.17, 15) is 21.6 Å². The fourth-order valence-electron chi connectivity index (χ4n) is 4.60. The number of sulfonamides is 1. The summed E-state index contributed by atoms with van der Waals surface area (Å²) in [6.07, 6.45) is -0.159. The first-order chi connectivity index (χ1) is 16.6. The lowest BCUT2D eigenvalue weighted by atomic mass is 9.87. The van der Waals surface area contributed by atoms with Gasteiger partial charge in [-0.3, -0.25) is 9.40 Å². The van der Waals surface area contributed by atoms with Crippen LogP contribution in [0.25, 0.3) is 11.3 Å². The van der Waals surface area contributed by atoms with Crippen LogP contribution in [0.3, 0.4) is 0 Å². The zero-order valence-corrected chi connectivity index (χ0v) is 19.4. The molecule has 0 saturated carbocycles. The molecule has 10 heteroatoms. The van der Waals surface area contributed by atoms with Gasteiger partial charge in [0.05, 0.1) is 16.2 Å². The van der Waals surface area contributed by atoms with Gasteiger partial charge in [0, 0.05) is 30.9 Å². The second kappa shape index (κ2) is 8.53. The fourth-order valence-corrected chi connectivity index (χ4v) is 5.66. The Morgan fingerprint density at radius 2 is 1.80 bits per heavy atom. The van der Waals surface area contributed by atoms with Crippen LogP contribution >= 0.6 is 0 Å². The number of alkyl halides is 3. The summed E-state index contributed by atoms with van der Waals surface area (Å²) in [7, 11) is -2.15. The first-order valence-electron chi connectivity index (χ1n) is 10.9. The monoisotopic (exact) mass is 498 g/mol. The molecule has 2 aromatic heterocycles. The summed E-state index contributed by atoms with van der Waals surface area (Å²) >= 11 is 0. The molecule has 35 heavy (non-hydrogen) atoms. The van der Waals surface area contributed by atoms with Crippen LogP contribution in [0.4, 0.5) is 19.0 Å². The zero-order chi connectivity index (χ0) is 24.8. The first kappa shape index (κ1) is 23.1. The number of hydrogen-bond acceptors (Lipinski definition) is 4. The molecular weight excluding hydrogens is 477 g/mol. The Morgan fingerprint density at radius 3 is 2.49 bits per heavy atom. The summed E-state index contributed by atoms with van der Waals surface area (Å²) in [4.78, 5) is 4.11. The lowest BCUT2D eigenvalue weighted by Crippen LogP contribution is -2.14. The SMILES string of the molecule is Cn1nccc1-c1cc(C(F)(F)F)ccc1[C@H]1CCc2cc(S(=O)(=O)Nc3ccccn3)ccc21. The number of pyridine rings is 1. The normalized spacial score (nSPS) is 15.7.